The fourth-order valence-corrected chi connectivity index (χ4v) is 5.47. The third kappa shape index (κ3) is 11.6. The summed E-state index contributed by atoms with van der Waals surface area (Å²) in [5.74, 6) is -1.41. The molecule has 0 saturated carbocycles. The van der Waals surface area contributed by atoms with Crippen LogP contribution >= 0.6 is 0 Å². The van der Waals surface area contributed by atoms with Crippen LogP contribution in [0.1, 0.15) is 92.4 Å². The van der Waals surface area contributed by atoms with Gasteiger partial charge in [0.15, 0.2) is 5.78 Å². The summed E-state index contributed by atoms with van der Waals surface area (Å²) in [5, 5.41) is 41.4. The van der Waals surface area contributed by atoms with Gasteiger partial charge in [-0.25, -0.2) is 4.79 Å². The summed E-state index contributed by atoms with van der Waals surface area (Å²) in [6.07, 6.45) is 5.12. The Morgan fingerprint density at radius 3 is 2.35 bits per heavy atom. The van der Waals surface area contributed by atoms with Crippen LogP contribution in [-0.2, 0) is 19.1 Å². The summed E-state index contributed by atoms with van der Waals surface area (Å²) < 4.78 is 11.3. The van der Waals surface area contributed by atoms with E-state index in [-0.39, 0.29) is 24.9 Å². The molecule has 0 radical (unpaired) electrons. The van der Waals surface area contributed by atoms with Crippen molar-refractivity contribution in [2.75, 3.05) is 6.61 Å². The molecule has 4 N–H and O–H groups in total. The minimum Gasteiger partial charge on any atom is -0.457 e. The Morgan fingerprint density at radius 2 is 1.68 bits per heavy atom. The second-order valence-corrected chi connectivity index (χ2v) is 12.3. The number of fused-ring (bicyclic) bond motifs is 1. The fourth-order valence-electron chi connectivity index (χ4n) is 5.47. The predicted molar refractivity (Wildman–Crippen MR) is 154 cm³/mol. The largest absolute Gasteiger partial charge is 0.457 e. The molecule has 2 aliphatic heterocycles. The van der Waals surface area contributed by atoms with E-state index in [0.29, 0.717) is 24.0 Å². The van der Waals surface area contributed by atoms with Crippen LogP contribution in [0.2, 0.25) is 0 Å². The van der Waals surface area contributed by atoms with Crippen molar-refractivity contribution in [1.82, 2.24) is 0 Å². The number of aliphatic hydroxyl groups excluding tert-OH is 4. The van der Waals surface area contributed by atoms with E-state index in [1.807, 2.05) is 19.9 Å². The molecule has 0 aromatic rings. The first kappa shape index (κ1) is 34.4. The summed E-state index contributed by atoms with van der Waals surface area (Å²) in [6, 6.07) is 0. The van der Waals surface area contributed by atoms with Gasteiger partial charge in [-0.15, -0.1) is 0 Å². The van der Waals surface area contributed by atoms with Gasteiger partial charge in [0.05, 0.1) is 31.0 Å². The minimum absolute atomic E-state index is 0.00283. The zero-order valence-corrected chi connectivity index (χ0v) is 25.1. The molecule has 0 spiro atoms. The van der Waals surface area contributed by atoms with E-state index in [9.17, 15) is 30.0 Å². The Balaban J connectivity index is 2.10. The number of ketones is 1. The maximum absolute atomic E-state index is 12.6. The van der Waals surface area contributed by atoms with E-state index in [4.69, 9.17) is 9.47 Å². The van der Waals surface area contributed by atoms with E-state index in [2.05, 4.69) is 19.6 Å². The van der Waals surface area contributed by atoms with Crippen LogP contribution in [0.3, 0.4) is 0 Å². The first-order valence-electron chi connectivity index (χ1n) is 14.9. The molecule has 0 bridgehead atoms. The van der Waals surface area contributed by atoms with Gasteiger partial charge in [-0.05, 0) is 76.5 Å². The van der Waals surface area contributed by atoms with E-state index in [1.165, 1.54) is 0 Å². The van der Waals surface area contributed by atoms with E-state index >= 15 is 0 Å². The molecule has 2 rings (SSSR count). The molecular weight excluding hydrogens is 512 g/mol. The molecule has 0 aromatic heterocycles. The van der Waals surface area contributed by atoms with Crippen LogP contribution in [0.4, 0.5) is 0 Å². The molecule has 8 nitrogen and oxygen atoms in total. The summed E-state index contributed by atoms with van der Waals surface area (Å²) in [6.45, 7) is 13.2. The summed E-state index contributed by atoms with van der Waals surface area (Å²) >= 11 is 0. The molecule has 40 heavy (non-hydrogen) atoms. The average molecular weight is 565 g/mol. The van der Waals surface area contributed by atoms with E-state index in [0.717, 1.165) is 49.7 Å². The highest BCUT2D eigenvalue weighted by Crippen LogP contribution is 2.34. The molecule has 9 unspecified atom stereocenters. The number of carbonyl (C=O) groups is 2. The normalized spacial score (nSPS) is 37.1. The van der Waals surface area contributed by atoms with Gasteiger partial charge in [0.25, 0.3) is 0 Å². The van der Waals surface area contributed by atoms with Crippen LogP contribution in [0.5, 0.6) is 0 Å². The molecule has 1 saturated heterocycles. The lowest BCUT2D eigenvalue weighted by molar-refractivity contribution is -0.149. The van der Waals surface area contributed by atoms with Gasteiger partial charge in [0, 0.05) is 12.0 Å². The number of epoxide rings is 1. The number of esters is 1. The second-order valence-electron chi connectivity index (χ2n) is 12.3. The number of carbonyl (C=O) groups excluding carboxylic acids is 2. The van der Waals surface area contributed by atoms with Gasteiger partial charge in [-0.3, -0.25) is 4.79 Å². The van der Waals surface area contributed by atoms with Crippen molar-refractivity contribution in [1.29, 1.82) is 0 Å². The maximum atomic E-state index is 12.6. The third-order valence-electron chi connectivity index (χ3n) is 8.27. The number of ether oxygens (including phenoxy) is 2. The fraction of sp³-hybridized carbons (Fsp3) is 0.750. The highest BCUT2D eigenvalue weighted by atomic mass is 16.6. The van der Waals surface area contributed by atoms with Crippen LogP contribution in [0, 0.1) is 17.8 Å². The molecule has 1 fully saturated rings. The number of rotatable bonds is 1. The standard InChI is InChI=1S/C32H52O8/c1-19-12-20(2)14-29-28(40-29)11-9-7-8-10-21(3)32(38)39-26(18-33)16-24(6)30(36)31(37)27(35)17-25(34)15-23(5)22(4)13-19/h10,13,20,23-26,28-31,33-34,36-37H,1,7-9,11-12,14-18H2,2-6H3. The Hall–Kier alpha value is -1.84. The van der Waals surface area contributed by atoms with Gasteiger partial charge in [-0.1, -0.05) is 57.1 Å². The molecule has 0 aliphatic carbocycles. The molecular formula is C32H52O8. The maximum Gasteiger partial charge on any atom is 0.333 e. The molecule has 0 amide bonds. The molecule has 2 aliphatic rings. The zero-order valence-electron chi connectivity index (χ0n) is 25.1. The molecule has 9 atom stereocenters. The smallest absolute Gasteiger partial charge is 0.333 e. The van der Waals surface area contributed by atoms with E-state index < -0.39 is 48.7 Å². The average Bonchev–Trinajstić information content (AvgIpc) is 3.62. The van der Waals surface area contributed by atoms with Gasteiger partial charge in [0.1, 0.15) is 12.2 Å². The van der Waals surface area contributed by atoms with Crippen molar-refractivity contribution >= 4 is 11.8 Å². The van der Waals surface area contributed by atoms with Gasteiger partial charge < -0.3 is 29.9 Å². The number of aliphatic hydroxyl groups is 4. The minimum atomic E-state index is -1.69. The highest BCUT2D eigenvalue weighted by Gasteiger charge is 2.38. The molecule has 2 heterocycles. The van der Waals surface area contributed by atoms with Gasteiger partial charge in [-0.2, -0.15) is 0 Å². The van der Waals surface area contributed by atoms with Crippen molar-refractivity contribution in [2.45, 2.75) is 129 Å². The van der Waals surface area contributed by atoms with Crippen LogP contribution in [0.25, 0.3) is 0 Å². The van der Waals surface area contributed by atoms with E-state index in [1.54, 1.807) is 13.8 Å². The van der Waals surface area contributed by atoms with Crippen molar-refractivity contribution < 1.29 is 39.5 Å². The second kappa shape index (κ2) is 16.6. The number of hydrogen-bond donors (Lipinski definition) is 4. The first-order valence-corrected chi connectivity index (χ1v) is 14.9. The van der Waals surface area contributed by atoms with Crippen LogP contribution < -0.4 is 0 Å². The molecule has 0 aromatic carbocycles. The molecule has 228 valence electrons. The Labute approximate surface area is 240 Å². The predicted octanol–water partition coefficient (Wildman–Crippen LogP) is 4.19. The quantitative estimate of drug-likeness (QED) is 0.275. The van der Waals surface area contributed by atoms with Crippen LogP contribution in [-0.4, -0.2) is 75.4 Å². The molecule has 8 heteroatoms. The number of allylic oxidation sites excluding steroid dienone is 4. The lowest BCUT2D eigenvalue weighted by atomic mass is 9.88. The highest BCUT2D eigenvalue weighted by molar-refractivity contribution is 5.87. The van der Waals surface area contributed by atoms with Gasteiger partial charge >= 0.3 is 5.97 Å². The lowest BCUT2D eigenvalue weighted by Crippen LogP contribution is -2.41. The Bertz CT molecular complexity index is 909. The Morgan fingerprint density at radius 1 is 0.975 bits per heavy atom. The summed E-state index contributed by atoms with van der Waals surface area (Å²) in [5.41, 5.74) is 2.54. The van der Waals surface area contributed by atoms with Crippen LogP contribution in [0.15, 0.2) is 35.5 Å². The topological polar surface area (TPSA) is 137 Å². The third-order valence-corrected chi connectivity index (χ3v) is 8.27. The van der Waals surface area contributed by atoms with Crippen molar-refractivity contribution in [3.05, 3.63) is 35.5 Å². The first-order chi connectivity index (χ1) is 18.8. The van der Waals surface area contributed by atoms with Crippen molar-refractivity contribution in [3.63, 3.8) is 0 Å². The summed E-state index contributed by atoms with van der Waals surface area (Å²) in [7, 11) is 0. The zero-order chi connectivity index (χ0) is 30.0. The monoisotopic (exact) mass is 564 g/mol. The Kier molecular flexibility index (Phi) is 14.2. The number of Topliss-reactive ketones (excluding diaryl/α,β-unsaturated/α-hetero) is 1. The van der Waals surface area contributed by atoms with Crippen molar-refractivity contribution in [2.24, 2.45) is 17.8 Å². The number of cyclic esters (lactones) is 1. The number of hydrogen-bond acceptors (Lipinski definition) is 8. The lowest BCUT2D eigenvalue weighted by Gasteiger charge is -2.27. The van der Waals surface area contributed by atoms with Crippen molar-refractivity contribution in [3.8, 4) is 0 Å². The van der Waals surface area contributed by atoms with Gasteiger partial charge in [0.2, 0.25) is 0 Å². The SMILES string of the molecule is C=C1C=C(C)C(C)CC(O)CC(=O)C(O)C(O)C(C)CC(CO)OC(=O)C(C)=CCCCCC2OC2CC(C)C1. The summed E-state index contributed by atoms with van der Waals surface area (Å²) in [4.78, 5) is 25.2.